The Balaban J connectivity index is 1.63. The van der Waals surface area contributed by atoms with Gasteiger partial charge in [-0.05, 0) is 70.6 Å². The fourth-order valence-electron chi connectivity index (χ4n) is 2.42. The second-order valence-electron chi connectivity index (χ2n) is 5.01. The normalized spacial score (nSPS) is 13.4. The van der Waals surface area contributed by atoms with Crippen molar-refractivity contribution >= 4 is 39.4 Å². The van der Waals surface area contributed by atoms with Gasteiger partial charge in [-0.3, -0.25) is 4.79 Å². The number of carbonyl (C=O) groups excluding carboxylic acids is 1. The number of rotatable bonds is 4. The minimum Gasteiger partial charge on any atom is -0.496 e. The lowest BCUT2D eigenvalue weighted by molar-refractivity contribution is 0.0959. The van der Waals surface area contributed by atoms with Crippen molar-refractivity contribution in [3.8, 4) is 5.75 Å². The van der Waals surface area contributed by atoms with Gasteiger partial charge >= 0.3 is 0 Å². The monoisotopic (exact) mass is 378 g/mol. The van der Waals surface area contributed by atoms with Crippen LogP contribution in [0.15, 0.2) is 33.8 Å². The minimum absolute atomic E-state index is 0.150. The minimum atomic E-state index is -0.150. The first-order chi connectivity index (χ1) is 10.7. The second kappa shape index (κ2) is 6.62. The van der Waals surface area contributed by atoms with Crippen LogP contribution in [0.3, 0.4) is 0 Å². The quantitative estimate of drug-likeness (QED) is 0.650. The zero-order valence-corrected chi connectivity index (χ0v) is 14.5. The molecule has 1 heterocycles. The predicted octanol–water partition coefficient (Wildman–Crippen LogP) is 3.77. The van der Waals surface area contributed by atoms with Gasteiger partial charge in [0.15, 0.2) is 0 Å². The standard InChI is InChI=1S/C16H15BrN2O2S/c1-21-13-6-5-10(7-12(13)17)9-18-19-16(20)15-8-11-3-2-4-14(11)22-15/h5-9H,2-4H2,1H3,(H,19,20)/b18-9-. The molecule has 114 valence electrons. The highest BCUT2D eigenvalue weighted by molar-refractivity contribution is 9.10. The van der Waals surface area contributed by atoms with Gasteiger partial charge in [-0.15, -0.1) is 11.3 Å². The van der Waals surface area contributed by atoms with Crippen LogP contribution in [0.1, 0.15) is 32.1 Å². The topological polar surface area (TPSA) is 50.7 Å². The first kappa shape index (κ1) is 15.2. The summed E-state index contributed by atoms with van der Waals surface area (Å²) in [6, 6.07) is 7.59. The third-order valence-corrected chi connectivity index (χ3v) is 5.38. The number of hydrogen-bond acceptors (Lipinski definition) is 4. The zero-order valence-electron chi connectivity index (χ0n) is 12.1. The lowest BCUT2D eigenvalue weighted by Crippen LogP contribution is -2.16. The first-order valence-corrected chi connectivity index (χ1v) is 8.57. The highest BCUT2D eigenvalue weighted by Gasteiger charge is 2.18. The van der Waals surface area contributed by atoms with Gasteiger partial charge in [0.1, 0.15) is 5.75 Å². The summed E-state index contributed by atoms with van der Waals surface area (Å²) in [5.41, 5.74) is 4.77. The Kier molecular flexibility index (Phi) is 4.59. The molecule has 1 aromatic heterocycles. The van der Waals surface area contributed by atoms with Gasteiger partial charge in [-0.2, -0.15) is 5.10 Å². The third-order valence-electron chi connectivity index (χ3n) is 3.53. The number of thiophene rings is 1. The van der Waals surface area contributed by atoms with E-state index in [0.29, 0.717) is 0 Å². The van der Waals surface area contributed by atoms with Gasteiger partial charge in [0.2, 0.25) is 0 Å². The molecule has 6 heteroatoms. The average Bonchev–Trinajstić information content (AvgIpc) is 3.08. The molecule has 0 atom stereocenters. The van der Waals surface area contributed by atoms with E-state index in [2.05, 4.69) is 26.5 Å². The molecular formula is C16H15BrN2O2S. The number of hydrazone groups is 1. The number of nitrogens with zero attached hydrogens (tertiary/aromatic N) is 1. The number of fused-ring (bicyclic) bond motifs is 1. The summed E-state index contributed by atoms with van der Waals surface area (Å²) in [7, 11) is 1.62. The summed E-state index contributed by atoms with van der Waals surface area (Å²) >= 11 is 4.99. The molecule has 0 spiro atoms. The summed E-state index contributed by atoms with van der Waals surface area (Å²) in [6.45, 7) is 0. The molecule has 3 rings (SSSR count). The molecule has 1 N–H and O–H groups in total. The molecule has 0 unspecified atom stereocenters. The summed E-state index contributed by atoms with van der Waals surface area (Å²) in [6.07, 6.45) is 5.00. The van der Waals surface area contributed by atoms with Crippen LogP contribution in [0.2, 0.25) is 0 Å². The predicted molar refractivity (Wildman–Crippen MR) is 92.1 cm³/mol. The second-order valence-corrected chi connectivity index (χ2v) is 7.00. The zero-order chi connectivity index (χ0) is 15.5. The summed E-state index contributed by atoms with van der Waals surface area (Å²) in [4.78, 5) is 14.1. The maximum Gasteiger partial charge on any atom is 0.281 e. The van der Waals surface area contributed by atoms with Crippen molar-refractivity contribution in [3.63, 3.8) is 0 Å². The average molecular weight is 379 g/mol. The number of hydrogen-bond donors (Lipinski definition) is 1. The van der Waals surface area contributed by atoms with Crippen LogP contribution in [0, 0.1) is 0 Å². The van der Waals surface area contributed by atoms with Gasteiger partial charge in [0, 0.05) is 4.88 Å². The van der Waals surface area contributed by atoms with Crippen LogP contribution in [-0.4, -0.2) is 19.2 Å². The maximum absolute atomic E-state index is 12.1. The highest BCUT2D eigenvalue weighted by atomic mass is 79.9. The molecule has 2 aromatic rings. The van der Waals surface area contributed by atoms with E-state index in [4.69, 9.17) is 4.74 Å². The van der Waals surface area contributed by atoms with E-state index in [-0.39, 0.29) is 5.91 Å². The number of nitrogens with one attached hydrogen (secondary N) is 1. The number of methoxy groups -OCH3 is 1. The third kappa shape index (κ3) is 3.23. The van der Waals surface area contributed by atoms with Crippen LogP contribution < -0.4 is 10.2 Å². The molecule has 1 amide bonds. The summed E-state index contributed by atoms with van der Waals surface area (Å²) in [5.74, 6) is 0.609. The van der Waals surface area contributed by atoms with Crippen molar-refractivity contribution in [1.82, 2.24) is 5.43 Å². The van der Waals surface area contributed by atoms with E-state index in [9.17, 15) is 4.79 Å². The maximum atomic E-state index is 12.1. The number of aryl methyl sites for hydroxylation is 2. The Bertz CT molecular complexity index is 718. The van der Waals surface area contributed by atoms with Crippen molar-refractivity contribution in [2.75, 3.05) is 7.11 Å². The van der Waals surface area contributed by atoms with E-state index in [0.717, 1.165) is 33.5 Å². The SMILES string of the molecule is COc1ccc(/C=N\NC(=O)c2cc3c(s2)CCC3)cc1Br. The van der Waals surface area contributed by atoms with Gasteiger partial charge < -0.3 is 4.74 Å². The van der Waals surface area contributed by atoms with Gasteiger partial charge in [0.05, 0.1) is 22.7 Å². The van der Waals surface area contributed by atoms with Gasteiger partial charge in [-0.1, -0.05) is 0 Å². The van der Waals surface area contributed by atoms with E-state index in [1.54, 1.807) is 24.7 Å². The van der Waals surface area contributed by atoms with Crippen molar-refractivity contribution in [3.05, 3.63) is 49.6 Å². The number of ether oxygens (including phenoxy) is 1. The molecule has 0 bridgehead atoms. The van der Waals surface area contributed by atoms with Crippen LogP contribution in [0.5, 0.6) is 5.75 Å². The summed E-state index contributed by atoms with van der Waals surface area (Å²) in [5, 5.41) is 4.02. The van der Waals surface area contributed by atoms with Crippen LogP contribution in [-0.2, 0) is 12.8 Å². The van der Waals surface area contributed by atoms with Gasteiger partial charge in [0.25, 0.3) is 5.91 Å². The molecular weight excluding hydrogens is 364 g/mol. The summed E-state index contributed by atoms with van der Waals surface area (Å²) < 4.78 is 6.02. The number of amides is 1. The van der Waals surface area contributed by atoms with E-state index < -0.39 is 0 Å². The molecule has 22 heavy (non-hydrogen) atoms. The Hall–Kier alpha value is -1.66. The first-order valence-electron chi connectivity index (χ1n) is 6.96. The molecule has 1 aliphatic rings. The fraction of sp³-hybridized carbons (Fsp3) is 0.250. The molecule has 4 nitrogen and oxygen atoms in total. The van der Waals surface area contributed by atoms with Crippen molar-refractivity contribution < 1.29 is 9.53 Å². The molecule has 1 aliphatic carbocycles. The van der Waals surface area contributed by atoms with Gasteiger partial charge in [-0.25, -0.2) is 5.43 Å². The molecule has 0 saturated heterocycles. The van der Waals surface area contributed by atoms with Crippen LogP contribution >= 0.6 is 27.3 Å². The Morgan fingerprint density at radius 2 is 2.27 bits per heavy atom. The number of carbonyl (C=O) groups is 1. The highest BCUT2D eigenvalue weighted by Crippen LogP contribution is 2.30. The fourth-order valence-corrected chi connectivity index (χ4v) is 4.13. The van der Waals surface area contributed by atoms with E-state index >= 15 is 0 Å². The largest absolute Gasteiger partial charge is 0.496 e. The lowest BCUT2D eigenvalue weighted by atomic mass is 10.2. The molecule has 0 saturated carbocycles. The number of halogens is 1. The van der Waals surface area contributed by atoms with Crippen molar-refractivity contribution in [2.24, 2.45) is 5.10 Å². The smallest absolute Gasteiger partial charge is 0.281 e. The van der Waals surface area contributed by atoms with Crippen molar-refractivity contribution in [2.45, 2.75) is 19.3 Å². The van der Waals surface area contributed by atoms with E-state index in [1.165, 1.54) is 16.9 Å². The molecule has 1 aromatic carbocycles. The van der Waals surface area contributed by atoms with Crippen LogP contribution in [0.25, 0.3) is 0 Å². The Morgan fingerprint density at radius 1 is 1.41 bits per heavy atom. The number of benzene rings is 1. The lowest BCUT2D eigenvalue weighted by Gasteiger charge is -2.03. The molecule has 0 aliphatic heterocycles. The molecule has 0 radical (unpaired) electrons. The molecule has 0 fully saturated rings. The van der Waals surface area contributed by atoms with E-state index in [1.807, 2.05) is 24.3 Å². The van der Waals surface area contributed by atoms with Crippen LogP contribution in [0.4, 0.5) is 0 Å². The van der Waals surface area contributed by atoms with Crippen molar-refractivity contribution in [1.29, 1.82) is 0 Å². The Labute approximate surface area is 141 Å². The Morgan fingerprint density at radius 3 is 3.00 bits per heavy atom.